The molecule has 1 aromatic carbocycles. The standard InChI is InChI=1S/C23H16N8/c24-15-8-13(10-25-12-15)14-9-17-21(30-31-22(17)27-11-14)23-28-19-6-3-4-16(20(19)29-23)18-5-1-2-7-26-18/h1-12H,24H2,(H,28,29)(H,27,30,31). The molecule has 0 bridgehead atoms. The van der Waals surface area contributed by atoms with Crippen molar-refractivity contribution in [3.8, 4) is 33.9 Å². The molecule has 0 aliphatic heterocycles. The van der Waals surface area contributed by atoms with Crippen LogP contribution in [0.15, 0.2) is 73.3 Å². The number of nitrogens with zero attached hydrogens (tertiary/aromatic N) is 5. The van der Waals surface area contributed by atoms with Gasteiger partial charge in [0.2, 0.25) is 0 Å². The summed E-state index contributed by atoms with van der Waals surface area (Å²) < 4.78 is 0. The SMILES string of the molecule is Nc1cncc(-c2cnc3[nH]nc(-c4nc5c(-c6ccccn6)cccc5[nH]4)c3c2)c1. The Bertz CT molecular complexity index is 1550. The maximum atomic E-state index is 5.89. The third-order valence-electron chi connectivity index (χ3n) is 5.19. The Balaban J connectivity index is 1.51. The number of imidazole rings is 1. The van der Waals surface area contributed by atoms with Crippen molar-refractivity contribution in [3.63, 3.8) is 0 Å². The molecule has 5 aromatic heterocycles. The number of H-pyrrole nitrogens is 2. The maximum Gasteiger partial charge on any atom is 0.159 e. The smallest absolute Gasteiger partial charge is 0.159 e. The van der Waals surface area contributed by atoms with Crippen LogP contribution in [-0.4, -0.2) is 35.1 Å². The van der Waals surface area contributed by atoms with Crippen molar-refractivity contribution in [1.29, 1.82) is 0 Å². The van der Waals surface area contributed by atoms with Crippen LogP contribution in [0.1, 0.15) is 0 Å². The van der Waals surface area contributed by atoms with Crippen LogP contribution < -0.4 is 5.73 Å². The van der Waals surface area contributed by atoms with Crippen LogP contribution in [0.5, 0.6) is 0 Å². The van der Waals surface area contributed by atoms with Crippen LogP contribution in [0.2, 0.25) is 0 Å². The second-order valence-corrected chi connectivity index (χ2v) is 7.20. The highest BCUT2D eigenvalue weighted by Gasteiger charge is 2.16. The van der Waals surface area contributed by atoms with Crippen LogP contribution in [0.4, 0.5) is 5.69 Å². The number of hydrogen-bond donors (Lipinski definition) is 3. The number of nitrogen functional groups attached to an aromatic ring is 1. The van der Waals surface area contributed by atoms with Gasteiger partial charge in [0.1, 0.15) is 5.69 Å². The molecule has 0 spiro atoms. The van der Waals surface area contributed by atoms with Gasteiger partial charge in [0.25, 0.3) is 0 Å². The number of nitrogens with one attached hydrogen (secondary N) is 2. The van der Waals surface area contributed by atoms with E-state index in [1.165, 1.54) is 0 Å². The minimum atomic E-state index is 0.601. The summed E-state index contributed by atoms with van der Waals surface area (Å²) in [6.45, 7) is 0. The zero-order valence-electron chi connectivity index (χ0n) is 16.2. The van der Waals surface area contributed by atoms with Gasteiger partial charge in [-0.3, -0.25) is 15.1 Å². The van der Waals surface area contributed by atoms with Gasteiger partial charge >= 0.3 is 0 Å². The summed E-state index contributed by atoms with van der Waals surface area (Å²) in [7, 11) is 0. The van der Waals surface area contributed by atoms with E-state index in [9.17, 15) is 0 Å². The number of para-hydroxylation sites is 1. The number of hydrogen-bond acceptors (Lipinski definition) is 6. The zero-order chi connectivity index (χ0) is 20.8. The maximum absolute atomic E-state index is 5.89. The highest BCUT2D eigenvalue weighted by molar-refractivity contribution is 5.96. The fourth-order valence-electron chi connectivity index (χ4n) is 3.73. The number of aromatic amines is 2. The molecule has 31 heavy (non-hydrogen) atoms. The second kappa shape index (κ2) is 6.74. The number of anilines is 1. The van der Waals surface area contributed by atoms with Crippen LogP contribution in [-0.2, 0) is 0 Å². The van der Waals surface area contributed by atoms with Gasteiger partial charge < -0.3 is 10.7 Å². The van der Waals surface area contributed by atoms with Crippen molar-refractivity contribution < 1.29 is 0 Å². The normalized spacial score (nSPS) is 11.4. The molecule has 0 atom stereocenters. The summed E-state index contributed by atoms with van der Waals surface area (Å²) in [5.41, 5.74) is 13.3. The molecule has 0 radical (unpaired) electrons. The average Bonchev–Trinajstić information content (AvgIpc) is 3.43. The van der Waals surface area contributed by atoms with Crippen LogP contribution in [0.3, 0.4) is 0 Å². The molecule has 0 aliphatic rings. The Morgan fingerprint density at radius 1 is 0.871 bits per heavy atom. The van der Waals surface area contributed by atoms with Crippen LogP contribution in [0.25, 0.3) is 56.0 Å². The predicted octanol–water partition coefficient (Wildman–Crippen LogP) is 4.21. The number of benzene rings is 1. The van der Waals surface area contributed by atoms with Gasteiger partial charge in [0, 0.05) is 41.5 Å². The molecule has 6 aromatic rings. The summed E-state index contributed by atoms with van der Waals surface area (Å²) >= 11 is 0. The molecule has 6 rings (SSSR count). The molecule has 8 nitrogen and oxygen atoms in total. The van der Waals surface area contributed by atoms with Crippen molar-refractivity contribution in [2.24, 2.45) is 0 Å². The second-order valence-electron chi connectivity index (χ2n) is 7.20. The van der Waals surface area contributed by atoms with E-state index in [1.807, 2.05) is 48.5 Å². The first-order valence-electron chi connectivity index (χ1n) is 9.72. The van der Waals surface area contributed by atoms with Gasteiger partial charge in [-0.2, -0.15) is 5.10 Å². The number of aromatic nitrogens is 7. The molecule has 0 fully saturated rings. The summed E-state index contributed by atoms with van der Waals surface area (Å²) in [6.07, 6.45) is 6.94. The fraction of sp³-hybridized carbons (Fsp3) is 0. The van der Waals surface area contributed by atoms with Gasteiger partial charge in [-0.1, -0.05) is 18.2 Å². The van der Waals surface area contributed by atoms with Gasteiger partial charge in [-0.05, 0) is 30.3 Å². The lowest BCUT2D eigenvalue weighted by atomic mass is 10.1. The van der Waals surface area contributed by atoms with Crippen molar-refractivity contribution in [3.05, 3.63) is 73.3 Å². The third-order valence-corrected chi connectivity index (χ3v) is 5.19. The zero-order valence-corrected chi connectivity index (χ0v) is 16.2. The average molecular weight is 404 g/mol. The van der Waals surface area contributed by atoms with E-state index in [0.29, 0.717) is 22.9 Å². The van der Waals surface area contributed by atoms with E-state index in [0.717, 1.165) is 38.8 Å². The Hall–Kier alpha value is -4.59. The summed E-state index contributed by atoms with van der Waals surface area (Å²) in [4.78, 5) is 21.4. The Kier molecular flexibility index (Phi) is 3.76. The molecular weight excluding hydrogens is 388 g/mol. The largest absolute Gasteiger partial charge is 0.397 e. The first-order valence-corrected chi connectivity index (χ1v) is 9.72. The van der Waals surface area contributed by atoms with E-state index < -0.39 is 0 Å². The first kappa shape index (κ1) is 17.3. The Morgan fingerprint density at radius 2 is 1.81 bits per heavy atom. The van der Waals surface area contributed by atoms with E-state index in [-0.39, 0.29) is 0 Å². The Morgan fingerprint density at radius 3 is 2.68 bits per heavy atom. The molecule has 0 saturated heterocycles. The van der Waals surface area contributed by atoms with Crippen molar-refractivity contribution >= 4 is 27.8 Å². The van der Waals surface area contributed by atoms with Crippen molar-refractivity contribution in [1.82, 2.24) is 35.1 Å². The van der Waals surface area contributed by atoms with Crippen LogP contribution >= 0.6 is 0 Å². The lowest BCUT2D eigenvalue weighted by Crippen LogP contribution is -1.89. The number of pyridine rings is 3. The lowest BCUT2D eigenvalue weighted by molar-refractivity contribution is 1.09. The first-order chi connectivity index (χ1) is 15.3. The quantitative estimate of drug-likeness (QED) is 0.406. The van der Waals surface area contributed by atoms with Crippen LogP contribution in [0, 0.1) is 0 Å². The van der Waals surface area contributed by atoms with Gasteiger partial charge in [0.15, 0.2) is 11.5 Å². The number of nitrogens with two attached hydrogens (primary N) is 1. The van der Waals surface area contributed by atoms with Crippen molar-refractivity contribution in [2.75, 3.05) is 5.73 Å². The minimum absolute atomic E-state index is 0.601. The Labute approximate surface area is 176 Å². The summed E-state index contributed by atoms with van der Waals surface area (Å²) in [5.74, 6) is 0.661. The van der Waals surface area contributed by atoms with E-state index >= 15 is 0 Å². The minimum Gasteiger partial charge on any atom is -0.397 e. The molecule has 0 aliphatic carbocycles. The van der Waals surface area contributed by atoms with E-state index in [4.69, 9.17) is 10.7 Å². The number of rotatable bonds is 3. The third kappa shape index (κ3) is 2.89. The number of fused-ring (bicyclic) bond motifs is 2. The highest BCUT2D eigenvalue weighted by Crippen LogP contribution is 2.32. The molecule has 148 valence electrons. The molecule has 4 N–H and O–H groups in total. The van der Waals surface area contributed by atoms with Gasteiger partial charge in [0.05, 0.1) is 27.8 Å². The predicted molar refractivity (Wildman–Crippen MR) is 120 cm³/mol. The van der Waals surface area contributed by atoms with E-state index in [1.54, 1.807) is 24.8 Å². The molecular formula is C23H16N8. The highest BCUT2D eigenvalue weighted by atomic mass is 15.2. The molecule has 0 amide bonds. The lowest BCUT2D eigenvalue weighted by Gasteiger charge is -2.02. The molecule has 8 heteroatoms. The monoisotopic (exact) mass is 404 g/mol. The fourth-order valence-corrected chi connectivity index (χ4v) is 3.73. The summed E-state index contributed by atoms with van der Waals surface area (Å²) in [6, 6.07) is 15.7. The van der Waals surface area contributed by atoms with E-state index in [2.05, 4.69) is 30.1 Å². The molecule has 0 saturated carbocycles. The molecule has 0 unspecified atom stereocenters. The van der Waals surface area contributed by atoms with Gasteiger partial charge in [-0.25, -0.2) is 9.97 Å². The van der Waals surface area contributed by atoms with Crippen molar-refractivity contribution in [2.45, 2.75) is 0 Å². The molecule has 5 heterocycles. The van der Waals surface area contributed by atoms with Gasteiger partial charge in [-0.15, -0.1) is 0 Å². The topological polar surface area (TPSA) is 122 Å². The summed E-state index contributed by atoms with van der Waals surface area (Å²) in [5, 5.41) is 8.33.